The van der Waals surface area contributed by atoms with Gasteiger partial charge in [-0.1, -0.05) is 46.4 Å². The van der Waals surface area contributed by atoms with Gasteiger partial charge in [-0.25, -0.2) is 4.79 Å². The molecule has 0 saturated heterocycles. The zero-order chi connectivity index (χ0) is 22.6. The van der Waals surface area contributed by atoms with E-state index in [-0.39, 0.29) is 28.5 Å². The van der Waals surface area contributed by atoms with Crippen LogP contribution in [-0.4, -0.2) is 34.2 Å². The van der Waals surface area contributed by atoms with Gasteiger partial charge in [0.05, 0.1) is 17.0 Å². The monoisotopic (exact) mass is 510 g/mol. The first kappa shape index (κ1) is 24.8. The second-order valence-corrected chi connectivity index (χ2v) is 9.96. The fourth-order valence-corrected chi connectivity index (χ4v) is 4.12. The second kappa shape index (κ2) is 10.2. The molecule has 0 bridgehead atoms. The number of alkyl halides is 3. The van der Waals surface area contributed by atoms with Crippen LogP contribution >= 0.6 is 57.7 Å². The molecule has 1 aromatic heterocycles. The molecule has 0 saturated carbocycles. The molecule has 0 aliphatic carbocycles. The normalized spacial score (nSPS) is 12.2. The first-order valence-electron chi connectivity index (χ1n) is 8.66. The number of carbonyl (C=O) groups excluding carboxylic acids is 3. The Labute approximate surface area is 197 Å². The summed E-state index contributed by atoms with van der Waals surface area (Å²) in [5, 5.41) is 6.15. The topological polar surface area (TPSA) is 84.5 Å². The van der Waals surface area contributed by atoms with Crippen molar-refractivity contribution < 1.29 is 19.1 Å². The molecule has 11 heteroatoms. The van der Waals surface area contributed by atoms with E-state index < -0.39 is 21.8 Å². The number of ketones is 1. The average molecular weight is 512 g/mol. The second-order valence-electron chi connectivity index (χ2n) is 6.14. The fraction of sp³-hybridized carbons (Fsp3) is 0.316. The number of anilines is 1. The molecule has 2 aromatic rings. The Balaban J connectivity index is 2.40. The summed E-state index contributed by atoms with van der Waals surface area (Å²) in [6, 6.07) is 6.13. The SMILES string of the molecule is CCOC(=O)c1c(N[C@@H](NC(=O)c2ccc(Cl)cc2)C(Cl)(Cl)Cl)sc(C(C)=O)c1C. The summed E-state index contributed by atoms with van der Waals surface area (Å²) < 4.78 is 3.11. The Morgan fingerprint density at radius 3 is 2.27 bits per heavy atom. The van der Waals surface area contributed by atoms with Crippen LogP contribution in [-0.2, 0) is 4.74 Å². The third-order valence-corrected chi connectivity index (χ3v) is 6.16. The maximum absolute atomic E-state index is 12.6. The van der Waals surface area contributed by atoms with Crippen LogP contribution in [0.4, 0.5) is 5.00 Å². The van der Waals surface area contributed by atoms with E-state index >= 15 is 0 Å². The van der Waals surface area contributed by atoms with Crippen LogP contribution in [0.15, 0.2) is 24.3 Å². The number of hydrogen-bond acceptors (Lipinski definition) is 6. The summed E-state index contributed by atoms with van der Waals surface area (Å²) in [7, 11) is 0. The van der Waals surface area contributed by atoms with Crippen LogP contribution in [0.3, 0.4) is 0 Å². The minimum atomic E-state index is -1.98. The van der Waals surface area contributed by atoms with Crippen molar-refractivity contribution in [1.29, 1.82) is 0 Å². The van der Waals surface area contributed by atoms with Gasteiger partial charge in [-0.15, -0.1) is 11.3 Å². The molecule has 2 rings (SSSR count). The quantitative estimate of drug-likeness (QED) is 0.218. The highest BCUT2D eigenvalue weighted by atomic mass is 35.6. The lowest BCUT2D eigenvalue weighted by Crippen LogP contribution is -2.49. The van der Waals surface area contributed by atoms with Crippen molar-refractivity contribution in [3.8, 4) is 0 Å². The lowest BCUT2D eigenvalue weighted by Gasteiger charge is -2.27. The van der Waals surface area contributed by atoms with Gasteiger partial charge in [0.15, 0.2) is 5.78 Å². The third-order valence-electron chi connectivity index (χ3n) is 3.93. The lowest BCUT2D eigenvalue weighted by molar-refractivity contribution is 0.0527. The molecule has 1 atom stereocenters. The average Bonchev–Trinajstić information content (AvgIpc) is 2.97. The number of ether oxygens (including phenoxy) is 1. The van der Waals surface area contributed by atoms with Crippen molar-refractivity contribution in [2.45, 2.75) is 30.7 Å². The van der Waals surface area contributed by atoms with Crippen LogP contribution in [0.5, 0.6) is 0 Å². The molecule has 2 N–H and O–H groups in total. The fourth-order valence-electron chi connectivity index (χ4n) is 2.55. The Morgan fingerprint density at radius 2 is 1.77 bits per heavy atom. The van der Waals surface area contributed by atoms with Crippen LogP contribution in [0.2, 0.25) is 5.02 Å². The third kappa shape index (κ3) is 6.02. The molecule has 1 amide bonds. The number of Topliss-reactive ketones (excluding diaryl/α,β-unsaturated/α-hetero) is 1. The van der Waals surface area contributed by atoms with Crippen molar-refractivity contribution in [1.82, 2.24) is 5.32 Å². The van der Waals surface area contributed by atoms with E-state index in [9.17, 15) is 14.4 Å². The van der Waals surface area contributed by atoms with Gasteiger partial charge in [0.2, 0.25) is 3.79 Å². The molecule has 30 heavy (non-hydrogen) atoms. The number of thiophene rings is 1. The van der Waals surface area contributed by atoms with Crippen molar-refractivity contribution >= 4 is 80.4 Å². The molecule has 1 aromatic carbocycles. The Kier molecular flexibility index (Phi) is 8.42. The van der Waals surface area contributed by atoms with Crippen molar-refractivity contribution in [2.75, 3.05) is 11.9 Å². The Bertz CT molecular complexity index is 955. The highest BCUT2D eigenvalue weighted by Crippen LogP contribution is 2.38. The van der Waals surface area contributed by atoms with Crippen LogP contribution in [0, 0.1) is 6.92 Å². The number of amides is 1. The predicted molar refractivity (Wildman–Crippen MR) is 122 cm³/mol. The van der Waals surface area contributed by atoms with E-state index in [4.69, 9.17) is 51.1 Å². The van der Waals surface area contributed by atoms with Gasteiger partial charge in [-0.2, -0.15) is 0 Å². The number of halogens is 4. The summed E-state index contributed by atoms with van der Waals surface area (Å²) in [6.07, 6.45) is -1.23. The van der Waals surface area contributed by atoms with E-state index in [1.165, 1.54) is 19.1 Å². The molecule has 6 nitrogen and oxygen atoms in total. The molecule has 0 unspecified atom stereocenters. The number of benzene rings is 1. The smallest absolute Gasteiger partial charge is 0.341 e. The summed E-state index contributed by atoms with van der Waals surface area (Å²) in [6.45, 7) is 4.81. The van der Waals surface area contributed by atoms with E-state index in [0.29, 0.717) is 15.5 Å². The van der Waals surface area contributed by atoms with Crippen molar-refractivity contribution in [3.05, 3.63) is 50.9 Å². The van der Waals surface area contributed by atoms with Gasteiger partial charge in [-0.3, -0.25) is 9.59 Å². The number of hydrogen-bond donors (Lipinski definition) is 2. The summed E-state index contributed by atoms with van der Waals surface area (Å²) >= 11 is 25.0. The zero-order valence-corrected chi connectivity index (χ0v) is 20.0. The van der Waals surface area contributed by atoms with Gasteiger partial charge in [0, 0.05) is 10.6 Å². The molecule has 0 fully saturated rings. The summed E-state index contributed by atoms with van der Waals surface area (Å²) in [4.78, 5) is 37.4. The highest BCUT2D eigenvalue weighted by Gasteiger charge is 2.36. The maximum Gasteiger partial charge on any atom is 0.341 e. The van der Waals surface area contributed by atoms with Crippen LogP contribution in [0.25, 0.3) is 0 Å². The van der Waals surface area contributed by atoms with E-state index in [0.717, 1.165) is 11.3 Å². The molecule has 1 heterocycles. The Morgan fingerprint density at radius 1 is 1.17 bits per heavy atom. The summed E-state index contributed by atoms with van der Waals surface area (Å²) in [5.41, 5.74) is 0.880. The number of rotatable bonds is 7. The minimum absolute atomic E-state index is 0.143. The van der Waals surface area contributed by atoms with Gasteiger partial charge in [0.1, 0.15) is 11.2 Å². The standard InChI is InChI=1S/C19H18Cl4N2O4S/c1-4-29-17(28)13-9(2)14(10(3)26)30-16(13)25-18(19(21,22)23)24-15(27)11-5-7-12(20)8-6-11/h5-8,18,25H,4H2,1-3H3,(H,24,27)/t18-/m1/s1. The van der Waals surface area contributed by atoms with Crippen LogP contribution in [0.1, 0.15) is 49.8 Å². The lowest BCUT2D eigenvalue weighted by atomic mass is 10.1. The zero-order valence-electron chi connectivity index (χ0n) is 16.1. The molecule has 162 valence electrons. The van der Waals surface area contributed by atoms with E-state index in [1.807, 2.05) is 0 Å². The molecule has 0 spiro atoms. The predicted octanol–water partition coefficient (Wildman–Crippen LogP) is 5.63. The first-order valence-corrected chi connectivity index (χ1v) is 11.0. The molecule has 0 aliphatic rings. The van der Waals surface area contributed by atoms with Gasteiger partial charge < -0.3 is 15.4 Å². The van der Waals surface area contributed by atoms with Gasteiger partial charge >= 0.3 is 5.97 Å². The molecular formula is C19H18Cl4N2O4S. The number of nitrogens with one attached hydrogen (secondary N) is 2. The van der Waals surface area contributed by atoms with E-state index in [1.54, 1.807) is 26.0 Å². The first-order chi connectivity index (χ1) is 14.0. The van der Waals surface area contributed by atoms with Crippen molar-refractivity contribution in [2.24, 2.45) is 0 Å². The van der Waals surface area contributed by atoms with Gasteiger partial charge in [0.25, 0.3) is 5.91 Å². The molecular weight excluding hydrogens is 494 g/mol. The molecule has 0 radical (unpaired) electrons. The van der Waals surface area contributed by atoms with E-state index in [2.05, 4.69) is 10.6 Å². The largest absolute Gasteiger partial charge is 0.462 e. The molecule has 0 aliphatic heterocycles. The Hall–Kier alpha value is -1.51. The van der Waals surface area contributed by atoms with Gasteiger partial charge in [-0.05, 0) is 50.6 Å². The van der Waals surface area contributed by atoms with Crippen LogP contribution < -0.4 is 10.6 Å². The van der Waals surface area contributed by atoms with Crippen molar-refractivity contribution in [3.63, 3.8) is 0 Å². The number of carbonyl (C=O) groups is 3. The minimum Gasteiger partial charge on any atom is -0.462 e. The maximum atomic E-state index is 12.6. The summed E-state index contributed by atoms with van der Waals surface area (Å²) in [5.74, 6) is -1.40. The number of esters is 1. The highest BCUT2D eigenvalue weighted by molar-refractivity contribution is 7.18.